The van der Waals surface area contributed by atoms with Gasteiger partial charge in [-0.15, -0.1) is 0 Å². The monoisotopic (exact) mass is 305 g/mol. The Labute approximate surface area is 141 Å². The molecule has 0 aliphatic heterocycles. The van der Waals surface area contributed by atoms with Crippen molar-refractivity contribution in [3.8, 4) is 17.2 Å². The minimum atomic E-state index is 0.484. The second-order valence-electron chi connectivity index (χ2n) is 6.25. The lowest BCUT2D eigenvalue weighted by Crippen LogP contribution is -1.87. The van der Waals surface area contributed by atoms with Crippen LogP contribution in [0.3, 0.4) is 0 Å². The molecule has 2 aromatic rings. The molecule has 1 heteroatoms. The molecule has 0 unspecified atom stereocenters. The van der Waals surface area contributed by atoms with Gasteiger partial charge in [-0.05, 0) is 35.1 Å². The third-order valence-electron chi connectivity index (χ3n) is 4.34. The largest absolute Gasteiger partial charge is 0.198 e. The van der Waals surface area contributed by atoms with Gasteiger partial charge in [-0.2, -0.15) is 5.26 Å². The van der Waals surface area contributed by atoms with Gasteiger partial charge in [0, 0.05) is 0 Å². The molecular formula is C22H27N. The highest BCUT2D eigenvalue weighted by molar-refractivity contribution is 5.64. The highest BCUT2D eigenvalue weighted by Gasteiger charge is 2.00. The van der Waals surface area contributed by atoms with Crippen molar-refractivity contribution in [2.45, 2.75) is 58.3 Å². The van der Waals surface area contributed by atoms with Crippen LogP contribution in [0, 0.1) is 11.3 Å². The summed E-state index contributed by atoms with van der Waals surface area (Å²) in [7, 11) is 0. The lowest BCUT2D eigenvalue weighted by Gasteiger charge is -2.06. The zero-order valence-corrected chi connectivity index (χ0v) is 14.2. The minimum absolute atomic E-state index is 0.484. The molecule has 0 saturated carbocycles. The number of unbranched alkanes of at least 4 members (excludes halogenated alkanes) is 5. The van der Waals surface area contributed by atoms with Crippen LogP contribution in [0.15, 0.2) is 48.5 Å². The quantitative estimate of drug-likeness (QED) is 0.497. The van der Waals surface area contributed by atoms with Crippen molar-refractivity contribution in [1.29, 1.82) is 5.26 Å². The summed E-state index contributed by atoms with van der Waals surface area (Å²) in [5, 5.41) is 8.72. The van der Waals surface area contributed by atoms with E-state index >= 15 is 0 Å². The molecule has 1 nitrogen and oxygen atoms in total. The molecule has 23 heavy (non-hydrogen) atoms. The van der Waals surface area contributed by atoms with E-state index in [1.807, 2.05) is 12.1 Å². The van der Waals surface area contributed by atoms with E-state index in [0.717, 1.165) is 5.56 Å². The highest BCUT2D eigenvalue weighted by atomic mass is 14.2. The van der Waals surface area contributed by atoms with Gasteiger partial charge in [0.1, 0.15) is 0 Å². The van der Waals surface area contributed by atoms with Crippen LogP contribution in [-0.2, 0) is 12.8 Å². The Hall–Kier alpha value is -2.07. The smallest absolute Gasteiger partial charge is 0.0669 e. The van der Waals surface area contributed by atoms with Crippen LogP contribution in [0.4, 0.5) is 0 Å². The molecule has 0 saturated heterocycles. The van der Waals surface area contributed by atoms with E-state index in [0.29, 0.717) is 6.42 Å². The molecule has 2 aromatic carbocycles. The van der Waals surface area contributed by atoms with E-state index in [4.69, 9.17) is 5.26 Å². The Bertz CT molecular complexity index is 602. The average molecular weight is 305 g/mol. The van der Waals surface area contributed by atoms with Crippen LogP contribution in [-0.4, -0.2) is 0 Å². The van der Waals surface area contributed by atoms with Gasteiger partial charge in [0.25, 0.3) is 0 Å². The van der Waals surface area contributed by atoms with Crippen molar-refractivity contribution in [3.05, 3.63) is 59.7 Å². The van der Waals surface area contributed by atoms with Crippen LogP contribution < -0.4 is 0 Å². The Kier molecular flexibility index (Phi) is 7.40. The Balaban J connectivity index is 1.83. The number of nitriles is 1. The van der Waals surface area contributed by atoms with E-state index in [9.17, 15) is 0 Å². The van der Waals surface area contributed by atoms with Gasteiger partial charge in [-0.1, -0.05) is 87.6 Å². The van der Waals surface area contributed by atoms with Crippen molar-refractivity contribution in [2.75, 3.05) is 0 Å². The first-order valence-corrected chi connectivity index (χ1v) is 8.88. The fourth-order valence-corrected chi connectivity index (χ4v) is 2.88. The zero-order valence-electron chi connectivity index (χ0n) is 14.2. The number of aryl methyl sites for hydroxylation is 1. The maximum atomic E-state index is 8.72. The summed E-state index contributed by atoms with van der Waals surface area (Å²) in [6.07, 6.45) is 9.78. The average Bonchev–Trinajstić information content (AvgIpc) is 2.60. The van der Waals surface area contributed by atoms with Crippen LogP contribution in [0.2, 0.25) is 0 Å². The fraction of sp³-hybridized carbons (Fsp3) is 0.409. The number of rotatable bonds is 9. The SMILES string of the molecule is CCCCCCCCc1ccc(-c2ccc(CC#N)cc2)cc1. The van der Waals surface area contributed by atoms with Crippen molar-refractivity contribution < 1.29 is 0 Å². The van der Waals surface area contributed by atoms with Gasteiger partial charge in [-0.25, -0.2) is 0 Å². The molecule has 0 fully saturated rings. The van der Waals surface area contributed by atoms with E-state index in [-0.39, 0.29) is 0 Å². The summed E-state index contributed by atoms with van der Waals surface area (Å²) in [5.74, 6) is 0. The molecule has 0 atom stereocenters. The lowest BCUT2D eigenvalue weighted by atomic mass is 9.99. The molecule has 0 spiro atoms. The first kappa shape index (κ1) is 17.3. The summed E-state index contributed by atoms with van der Waals surface area (Å²) in [4.78, 5) is 0. The van der Waals surface area contributed by atoms with Crippen LogP contribution in [0.1, 0.15) is 56.6 Å². The third kappa shape index (κ3) is 5.91. The molecule has 120 valence electrons. The predicted octanol–water partition coefficient (Wildman–Crippen LogP) is 6.32. The van der Waals surface area contributed by atoms with Crippen LogP contribution in [0.5, 0.6) is 0 Å². The Morgan fingerprint density at radius 1 is 0.696 bits per heavy atom. The zero-order chi connectivity index (χ0) is 16.3. The van der Waals surface area contributed by atoms with Crippen molar-refractivity contribution in [3.63, 3.8) is 0 Å². The lowest BCUT2D eigenvalue weighted by molar-refractivity contribution is 0.607. The van der Waals surface area contributed by atoms with Crippen molar-refractivity contribution in [2.24, 2.45) is 0 Å². The summed E-state index contributed by atoms with van der Waals surface area (Å²) < 4.78 is 0. The van der Waals surface area contributed by atoms with E-state index in [1.54, 1.807) is 0 Å². The van der Waals surface area contributed by atoms with Crippen LogP contribution >= 0.6 is 0 Å². The minimum Gasteiger partial charge on any atom is -0.198 e. The maximum absolute atomic E-state index is 8.72. The molecule has 0 amide bonds. The first-order valence-electron chi connectivity index (χ1n) is 8.88. The molecule has 0 bridgehead atoms. The van der Waals surface area contributed by atoms with Gasteiger partial charge in [0.15, 0.2) is 0 Å². The standard InChI is InChI=1S/C22H27N/c1-2-3-4-5-6-7-8-19-9-13-21(14-10-19)22-15-11-20(12-16-22)17-18-23/h9-16H,2-8,17H2,1H3. The van der Waals surface area contributed by atoms with Gasteiger partial charge in [0.05, 0.1) is 12.5 Å². The molecule has 0 aliphatic carbocycles. The van der Waals surface area contributed by atoms with Gasteiger partial charge in [0.2, 0.25) is 0 Å². The molecule has 2 rings (SSSR count). The molecule has 0 radical (unpaired) electrons. The normalized spacial score (nSPS) is 10.4. The predicted molar refractivity (Wildman–Crippen MR) is 98.3 cm³/mol. The molecule has 0 N–H and O–H groups in total. The van der Waals surface area contributed by atoms with E-state index in [1.165, 1.54) is 61.6 Å². The third-order valence-corrected chi connectivity index (χ3v) is 4.34. The van der Waals surface area contributed by atoms with E-state index < -0.39 is 0 Å². The van der Waals surface area contributed by atoms with Gasteiger partial charge < -0.3 is 0 Å². The molecule has 0 heterocycles. The highest BCUT2D eigenvalue weighted by Crippen LogP contribution is 2.21. The molecule has 0 aromatic heterocycles. The maximum Gasteiger partial charge on any atom is 0.0669 e. The summed E-state index contributed by atoms with van der Waals surface area (Å²) in [6.45, 7) is 2.26. The van der Waals surface area contributed by atoms with Crippen molar-refractivity contribution >= 4 is 0 Å². The van der Waals surface area contributed by atoms with Gasteiger partial charge in [-0.3, -0.25) is 0 Å². The first-order chi connectivity index (χ1) is 11.3. The Morgan fingerprint density at radius 2 is 1.22 bits per heavy atom. The number of hydrogen-bond donors (Lipinski definition) is 0. The Morgan fingerprint density at radius 3 is 1.78 bits per heavy atom. The summed E-state index contributed by atoms with van der Waals surface area (Å²) >= 11 is 0. The fourth-order valence-electron chi connectivity index (χ4n) is 2.88. The number of benzene rings is 2. The van der Waals surface area contributed by atoms with Crippen molar-refractivity contribution in [1.82, 2.24) is 0 Å². The summed E-state index contributed by atoms with van der Waals surface area (Å²) in [6, 6.07) is 19.4. The topological polar surface area (TPSA) is 23.8 Å². The van der Waals surface area contributed by atoms with Gasteiger partial charge >= 0.3 is 0 Å². The summed E-state index contributed by atoms with van der Waals surface area (Å²) in [5.41, 5.74) is 4.99. The number of nitrogens with zero attached hydrogens (tertiary/aromatic N) is 1. The molecular weight excluding hydrogens is 278 g/mol. The second-order valence-corrected chi connectivity index (χ2v) is 6.25. The second kappa shape index (κ2) is 9.85. The van der Waals surface area contributed by atoms with Crippen LogP contribution in [0.25, 0.3) is 11.1 Å². The van der Waals surface area contributed by atoms with E-state index in [2.05, 4.69) is 49.4 Å². The molecule has 0 aliphatic rings. The number of hydrogen-bond acceptors (Lipinski definition) is 1.